The summed E-state index contributed by atoms with van der Waals surface area (Å²) in [4.78, 5) is 17.4. The van der Waals surface area contributed by atoms with E-state index in [2.05, 4.69) is 47.3 Å². The molecule has 5 heteroatoms. The molecular weight excluding hydrogens is 324 g/mol. The zero-order valence-electron chi connectivity index (χ0n) is 17.1. The first-order chi connectivity index (χ1) is 12.5. The van der Waals surface area contributed by atoms with E-state index in [1.54, 1.807) is 0 Å². The third-order valence-electron chi connectivity index (χ3n) is 6.17. The average molecular weight is 361 g/mol. The summed E-state index contributed by atoms with van der Waals surface area (Å²) in [6, 6.07) is 0.782. The fraction of sp³-hybridized carbons (Fsp3) is 0.810. The molecule has 0 atom stereocenters. The number of amides is 1. The smallest absolute Gasteiger partial charge is 0.222 e. The first-order valence-corrected chi connectivity index (χ1v) is 10.5. The fourth-order valence-electron chi connectivity index (χ4n) is 4.62. The lowest BCUT2D eigenvalue weighted by Crippen LogP contribution is -2.51. The second kappa shape index (κ2) is 8.55. The Morgan fingerprint density at radius 2 is 1.77 bits per heavy atom. The van der Waals surface area contributed by atoms with Crippen LogP contribution in [0.1, 0.15) is 62.9 Å². The fourth-order valence-corrected chi connectivity index (χ4v) is 4.62. The van der Waals surface area contributed by atoms with Gasteiger partial charge >= 0.3 is 0 Å². The van der Waals surface area contributed by atoms with Crippen LogP contribution in [0.25, 0.3) is 0 Å². The number of aryl methyl sites for hydroxylation is 1. The summed E-state index contributed by atoms with van der Waals surface area (Å²) < 4.78 is 2.11. The van der Waals surface area contributed by atoms with E-state index < -0.39 is 0 Å². The first-order valence-electron chi connectivity index (χ1n) is 10.5. The van der Waals surface area contributed by atoms with Gasteiger partial charge in [-0.25, -0.2) is 0 Å². The van der Waals surface area contributed by atoms with Crippen molar-refractivity contribution in [1.82, 2.24) is 19.6 Å². The van der Waals surface area contributed by atoms with Gasteiger partial charge in [-0.15, -0.1) is 0 Å². The maximum absolute atomic E-state index is 12.7. The van der Waals surface area contributed by atoms with Crippen LogP contribution in [-0.2, 0) is 17.8 Å². The predicted octanol–water partition coefficient (Wildman–Crippen LogP) is 3.18. The van der Waals surface area contributed by atoms with Gasteiger partial charge < -0.3 is 4.90 Å². The van der Waals surface area contributed by atoms with Crippen molar-refractivity contribution in [1.29, 1.82) is 0 Å². The SMILES string of the molecule is Cc1nn(CC(C)C)c(C)c1CCC(=O)N1CCN(C2CCCC2)CC1. The Bertz CT molecular complexity index is 608. The highest BCUT2D eigenvalue weighted by Gasteiger charge is 2.27. The highest BCUT2D eigenvalue weighted by molar-refractivity contribution is 5.76. The highest BCUT2D eigenvalue weighted by Crippen LogP contribution is 2.24. The van der Waals surface area contributed by atoms with E-state index in [0.717, 1.165) is 50.9 Å². The van der Waals surface area contributed by atoms with Crippen LogP contribution in [0.2, 0.25) is 0 Å². The molecule has 2 aliphatic rings. The molecule has 1 aromatic rings. The second-order valence-corrected chi connectivity index (χ2v) is 8.58. The molecular formula is C21H36N4O. The van der Waals surface area contributed by atoms with Crippen LogP contribution in [0.4, 0.5) is 0 Å². The second-order valence-electron chi connectivity index (χ2n) is 8.58. The summed E-state index contributed by atoms with van der Waals surface area (Å²) in [5, 5.41) is 4.68. The molecule has 1 aliphatic carbocycles. The van der Waals surface area contributed by atoms with Gasteiger partial charge in [-0.05, 0) is 44.6 Å². The third-order valence-corrected chi connectivity index (χ3v) is 6.17. The van der Waals surface area contributed by atoms with Gasteiger partial charge in [-0.1, -0.05) is 26.7 Å². The van der Waals surface area contributed by atoms with Crippen molar-refractivity contribution < 1.29 is 4.79 Å². The van der Waals surface area contributed by atoms with Crippen LogP contribution in [0.3, 0.4) is 0 Å². The molecule has 0 bridgehead atoms. The quantitative estimate of drug-likeness (QED) is 0.782. The molecule has 26 heavy (non-hydrogen) atoms. The number of nitrogens with zero attached hydrogens (tertiary/aromatic N) is 4. The van der Waals surface area contributed by atoms with Crippen LogP contribution >= 0.6 is 0 Å². The van der Waals surface area contributed by atoms with E-state index in [4.69, 9.17) is 0 Å². The molecule has 1 saturated carbocycles. The van der Waals surface area contributed by atoms with Gasteiger partial charge in [0.15, 0.2) is 0 Å². The van der Waals surface area contributed by atoms with Crippen molar-refractivity contribution in [3.8, 4) is 0 Å². The Morgan fingerprint density at radius 3 is 2.38 bits per heavy atom. The molecule has 1 aliphatic heterocycles. The summed E-state index contributed by atoms with van der Waals surface area (Å²) in [5.41, 5.74) is 3.58. The van der Waals surface area contributed by atoms with Crippen LogP contribution in [0, 0.1) is 19.8 Å². The maximum Gasteiger partial charge on any atom is 0.222 e. The van der Waals surface area contributed by atoms with Crippen molar-refractivity contribution >= 4 is 5.91 Å². The number of piperazine rings is 1. The normalized spacial score (nSPS) is 19.7. The van der Waals surface area contributed by atoms with E-state index >= 15 is 0 Å². The van der Waals surface area contributed by atoms with Gasteiger partial charge in [-0.2, -0.15) is 5.10 Å². The summed E-state index contributed by atoms with van der Waals surface area (Å²) in [5.74, 6) is 0.894. The molecule has 3 rings (SSSR count). The lowest BCUT2D eigenvalue weighted by Gasteiger charge is -2.38. The molecule has 146 valence electrons. The molecule has 1 saturated heterocycles. The molecule has 2 heterocycles. The minimum Gasteiger partial charge on any atom is -0.340 e. The van der Waals surface area contributed by atoms with Gasteiger partial charge in [0.1, 0.15) is 0 Å². The van der Waals surface area contributed by atoms with E-state index in [1.807, 2.05) is 0 Å². The molecule has 2 fully saturated rings. The molecule has 1 aromatic heterocycles. The third kappa shape index (κ3) is 4.48. The zero-order valence-corrected chi connectivity index (χ0v) is 17.1. The van der Waals surface area contributed by atoms with Crippen LogP contribution < -0.4 is 0 Å². The molecule has 1 amide bonds. The van der Waals surface area contributed by atoms with Crippen molar-refractivity contribution in [2.24, 2.45) is 5.92 Å². The summed E-state index contributed by atoms with van der Waals surface area (Å²) >= 11 is 0. The number of rotatable bonds is 6. The number of carbonyl (C=O) groups is 1. The zero-order chi connectivity index (χ0) is 18.7. The molecule has 5 nitrogen and oxygen atoms in total. The van der Waals surface area contributed by atoms with Gasteiger partial charge in [-0.3, -0.25) is 14.4 Å². The van der Waals surface area contributed by atoms with Gasteiger partial charge in [0.05, 0.1) is 5.69 Å². The Kier molecular flexibility index (Phi) is 6.38. The number of aromatic nitrogens is 2. The predicted molar refractivity (Wildman–Crippen MR) is 105 cm³/mol. The van der Waals surface area contributed by atoms with Gasteiger partial charge in [0, 0.05) is 50.9 Å². The number of hydrogen-bond acceptors (Lipinski definition) is 3. The highest BCUT2D eigenvalue weighted by atomic mass is 16.2. The minimum absolute atomic E-state index is 0.312. The lowest BCUT2D eigenvalue weighted by atomic mass is 10.1. The number of carbonyl (C=O) groups excluding carboxylic acids is 1. The van der Waals surface area contributed by atoms with Gasteiger partial charge in [0.25, 0.3) is 0 Å². The number of hydrogen-bond donors (Lipinski definition) is 0. The monoisotopic (exact) mass is 360 g/mol. The molecule has 0 aromatic carbocycles. The summed E-state index contributed by atoms with van der Waals surface area (Å²) in [6.07, 6.45) is 6.90. The Hall–Kier alpha value is -1.36. The van der Waals surface area contributed by atoms with Crippen molar-refractivity contribution in [3.63, 3.8) is 0 Å². The molecule has 0 spiro atoms. The summed E-state index contributed by atoms with van der Waals surface area (Å²) in [6.45, 7) is 13.5. The molecule has 0 radical (unpaired) electrons. The maximum atomic E-state index is 12.7. The van der Waals surface area contributed by atoms with E-state index in [9.17, 15) is 4.79 Å². The van der Waals surface area contributed by atoms with Crippen LogP contribution in [0.15, 0.2) is 0 Å². The van der Waals surface area contributed by atoms with E-state index in [1.165, 1.54) is 36.9 Å². The Morgan fingerprint density at radius 1 is 1.12 bits per heavy atom. The Balaban J connectivity index is 1.49. The van der Waals surface area contributed by atoms with Gasteiger partial charge in [0.2, 0.25) is 5.91 Å². The summed E-state index contributed by atoms with van der Waals surface area (Å²) in [7, 11) is 0. The van der Waals surface area contributed by atoms with E-state index in [-0.39, 0.29) is 0 Å². The molecule has 0 N–H and O–H groups in total. The van der Waals surface area contributed by atoms with Crippen LogP contribution in [-0.4, -0.2) is 57.7 Å². The molecule has 0 unspecified atom stereocenters. The Labute approximate surface area is 158 Å². The van der Waals surface area contributed by atoms with Crippen molar-refractivity contribution in [2.75, 3.05) is 26.2 Å². The largest absolute Gasteiger partial charge is 0.340 e. The first kappa shape index (κ1) is 19.4. The average Bonchev–Trinajstić information content (AvgIpc) is 3.23. The van der Waals surface area contributed by atoms with Crippen LogP contribution in [0.5, 0.6) is 0 Å². The van der Waals surface area contributed by atoms with Crippen molar-refractivity contribution in [3.05, 3.63) is 17.0 Å². The van der Waals surface area contributed by atoms with E-state index in [0.29, 0.717) is 18.2 Å². The topological polar surface area (TPSA) is 41.4 Å². The van der Waals surface area contributed by atoms with Crippen molar-refractivity contribution in [2.45, 2.75) is 78.8 Å². The minimum atomic E-state index is 0.312. The lowest BCUT2D eigenvalue weighted by molar-refractivity contribution is -0.133. The standard InChI is InChI=1S/C21H36N4O/c1-16(2)15-25-18(4)20(17(3)22-25)9-10-21(26)24-13-11-23(12-14-24)19-7-5-6-8-19/h16,19H,5-15H2,1-4H3.